The van der Waals surface area contributed by atoms with Crippen LogP contribution >= 0.6 is 0 Å². The van der Waals surface area contributed by atoms with Crippen LogP contribution in [0.5, 0.6) is 5.75 Å². The van der Waals surface area contributed by atoms with Crippen LogP contribution in [0.1, 0.15) is 37.3 Å². The van der Waals surface area contributed by atoms with Gasteiger partial charge in [-0.3, -0.25) is 4.79 Å². The summed E-state index contributed by atoms with van der Waals surface area (Å²) in [4.78, 5) is 25.3. The molecular formula is C34H46N4O5. The number of nitrogens with one attached hydrogen (secondary N) is 3. The summed E-state index contributed by atoms with van der Waals surface area (Å²) in [5, 5.41) is 29.5. The number of hydrogen-bond acceptors (Lipinski definition) is 8. The van der Waals surface area contributed by atoms with Crippen molar-refractivity contribution in [2.24, 2.45) is 5.92 Å². The standard InChI is InChI=1S/C34H46N4O5/c1-23(35-15-14-25-10-7-6-8-11-25)27-16-28(18-29(17-27)38(3)4)30-13-9-12-26(34(30)43-5)19-37-32(22-40)31(21-39)33(42)20-36-24(2)41/h7,9-13,16-18,22,31-33,35,37,39,42H,1,6,8,14-15,19-21H2,2-5H3,(H,36,41). The minimum absolute atomic E-state index is 0.0645. The summed E-state index contributed by atoms with van der Waals surface area (Å²) in [5.41, 5.74) is 6.80. The van der Waals surface area contributed by atoms with E-state index in [1.807, 2.05) is 37.2 Å². The van der Waals surface area contributed by atoms with E-state index in [-0.39, 0.29) is 19.0 Å². The van der Waals surface area contributed by atoms with E-state index < -0.39 is 24.7 Å². The Bertz CT molecular complexity index is 1320. The Hall–Kier alpha value is -3.92. The SMILES string of the molecule is C=C(NCCC1=CCCC=C1)c1cc(-c2cccc(CNC(C=O)C(CO)C(O)CNC(C)=O)c2OC)cc(N(C)C)c1. The third-order valence-corrected chi connectivity index (χ3v) is 7.62. The number of aliphatic hydroxyl groups excluding tert-OH is 2. The Morgan fingerprint density at radius 1 is 1.19 bits per heavy atom. The molecule has 3 rings (SSSR count). The van der Waals surface area contributed by atoms with Crippen molar-refractivity contribution in [3.05, 3.63) is 77.9 Å². The second-order valence-electron chi connectivity index (χ2n) is 11.0. The van der Waals surface area contributed by atoms with Gasteiger partial charge < -0.3 is 40.6 Å². The van der Waals surface area contributed by atoms with Crippen molar-refractivity contribution in [3.8, 4) is 16.9 Å². The van der Waals surface area contributed by atoms with Crippen LogP contribution in [0.25, 0.3) is 16.8 Å². The number of carbonyl (C=O) groups excluding carboxylic acids is 2. The second kappa shape index (κ2) is 16.6. The summed E-state index contributed by atoms with van der Waals surface area (Å²) in [6.07, 6.45) is 9.40. The summed E-state index contributed by atoms with van der Waals surface area (Å²) >= 11 is 0. The largest absolute Gasteiger partial charge is 0.496 e. The molecular weight excluding hydrogens is 544 g/mol. The lowest BCUT2D eigenvalue weighted by Gasteiger charge is -2.27. The molecule has 9 nitrogen and oxygen atoms in total. The molecule has 0 aliphatic heterocycles. The molecule has 0 heterocycles. The smallest absolute Gasteiger partial charge is 0.216 e. The molecule has 3 atom stereocenters. The van der Waals surface area contributed by atoms with Crippen LogP contribution in [-0.2, 0) is 16.1 Å². The number of allylic oxidation sites excluding steroid dienone is 3. The van der Waals surface area contributed by atoms with Crippen molar-refractivity contribution in [3.63, 3.8) is 0 Å². The van der Waals surface area contributed by atoms with E-state index in [0.29, 0.717) is 12.0 Å². The van der Waals surface area contributed by atoms with Gasteiger partial charge in [0.1, 0.15) is 12.0 Å². The van der Waals surface area contributed by atoms with Gasteiger partial charge in [-0.05, 0) is 48.6 Å². The first-order valence-corrected chi connectivity index (χ1v) is 14.7. The third kappa shape index (κ3) is 9.54. The average molecular weight is 591 g/mol. The van der Waals surface area contributed by atoms with Gasteiger partial charge >= 0.3 is 0 Å². The molecule has 0 saturated carbocycles. The Balaban J connectivity index is 1.83. The first-order chi connectivity index (χ1) is 20.7. The summed E-state index contributed by atoms with van der Waals surface area (Å²) < 4.78 is 5.89. The van der Waals surface area contributed by atoms with Gasteiger partial charge in [0.25, 0.3) is 0 Å². The maximum atomic E-state index is 12.0. The normalized spacial score (nSPS) is 14.7. The van der Waals surface area contributed by atoms with Crippen molar-refractivity contribution in [1.82, 2.24) is 16.0 Å². The lowest BCUT2D eigenvalue weighted by Crippen LogP contribution is -2.48. The molecule has 3 unspecified atom stereocenters. The van der Waals surface area contributed by atoms with Gasteiger partial charge in [0, 0.05) is 69.1 Å². The van der Waals surface area contributed by atoms with Crippen molar-refractivity contribution in [2.45, 2.75) is 44.9 Å². The minimum Gasteiger partial charge on any atom is -0.496 e. The number of aliphatic hydroxyl groups is 2. The minimum atomic E-state index is -1.10. The molecule has 5 N–H and O–H groups in total. The number of nitrogens with zero attached hydrogens (tertiary/aromatic N) is 1. The third-order valence-electron chi connectivity index (χ3n) is 7.62. The van der Waals surface area contributed by atoms with Crippen molar-refractivity contribution in [1.29, 1.82) is 0 Å². The van der Waals surface area contributed by atoms with E-state index in [1.165, 1.54) is 12.5 Å². The monoisotopic (exact) mass is 590 g/mol. The van der Waals surface area contributed by atoms with Crippen LogP contribution < -0.4 is 25.6 Å². The van der Waals surface area contributed by atoms with Crippen LogP contribution in [0.15, 0.2) is 66.8 Å². The topological polar surface area (TPSA) is 123 Å². The van der Waals surface area contributed by atoms with Crippen LogP contribution in [0.2, 0.25) is 0 Å². The summed E-state index contributed by atoms with van der Waals surface area (Å²) in [6, 6.07) is 11.3. The Morgan fingerprint density at radius 2 is 1.98 bits per heavy atom. The number of ether oxygens (including phenoxy) is 1. The molecule has 1 amide bonds. The molecule has 1 aliphatic rings. The highest BCUT2D eigenvalue weighted by Gasteiger charge is 2.28. The molecule has 1 aliphatic carbocycles. The average Bonchev–Trinajstić information content (AvgIpc) is 3.01. The Kier molecular flexibility index (Phi) is 13.0. The van der Waals surface area contributed by atoms with Gasteiger partial charge in [-0.25, -0.2) is 0 Å². The first kappa shape index (κ1) is 33.6. The number of aldehydes is 1. The predicted octanol–water partition coefficient (Wildman–Crippen LogP) is 3.42. The molecule has 43 heavy (non-hydrogen) atoms. The van der Waals surface area contributed by atoms with Crippen LogP contribution in [-0.4, -0.2) is 75.5 Å². The lowest BCUT2D eigenvalue weighted by atomic mass is 9.94. The van der Waals surface area contributed by atoms with Gasteiger partial charge in [0.15, 0.2) is 0 Å². The molecule has 2 aromatic rings. The van der Waals surface area contributed by atoms with E-state index in [0.717, 1.165) is 59.4 Å². The summed E-state index contributed by atoms with van der Waals surface area (Å²) in [5.74, 6) is -0.458. The number of methoxy groups -OCH3 is 1. The van der Waals surface area contributed by atoms with Crippen molar-refractivity contribution < 1.29 is 24.5 Å². The zero-order valence-electron chi connectivity index (χ0n) is 25.7. The van der Waals surface area contributed by atoms with Gasteiger partial charge in [-0.2, -0.15) is 0 Å². The summed E-state index contributed by atoms with van der Waals surface area (Å²) in [6.45, 7) is 6.20. The van der Waals surface area contributed by atoms with Crippen LogP contribution in [0, 0.1) is 5.92 Å². The van der Waals surface area contributed by atoms with E-state index in [9.17, 15) is 19.8 Å². The lowest BCUT2D eigenvalue weighted by molar-refractivity contribution is -0.119. The Morgan fingerprint density at radius 3 is 2.60 bits per heavy atom. The number of para-hydroxylation sites is 1. The number of anilines is 1. The zero-order valence-corrected chi connectivity index (χ0v) is 25.7. The van der Waals surface area contributed by atoms with E-state index in [1.54, 1.807) is 7.11 Å². The fourth-order valence-electron chi connectivity index (χ4n) is 5.11. The number of rotatable bonds is 17. The fraction of sp³-hybridized carbons (Fsp3) is 0.412. The maximum Gasteiger partial charge on any atom is 0.216 e. The number of benzene rings is 2. The van der Waals surface area contributed by atoms with Crippen LogP contribution in [0.4, 0.5) is 5.69 Å². The molecule has 232 valence electrons. The molecule has 2 aromatic carbocycles. The first-order valence-electron chi connectivity index (χ1n) is 14.7. The van der Waals surface area contributed by atoms with Gasteiger partial charge in [-0.1, -0.05) is 48.6 Å². The van der Waals surface area contributed by atoms with Crippen molar-refractivity contribution >= 4 is 23.6 Å². The molecule has 0 aromatic heterocycles. The highest BCUT2D eigenvalue weighted by molar-refractivity contribution is 5.80. The highest BCUT2D eigenvalue weighted by Crippen LogP contribution is 2.36. The second-order valence-corrected chi connectivity index (χ2v) is 11.0. The van der Waals surface area contributed by atoms with Crippen LogP contribution in [0.3, 0.4) is 0 Å². The molecule has 0 radical (unpaired) electrons. The molecule has 9 heteroatoms. The highest BCUT2D eigenvalue weighted by atomic mass is 16.5. The van der Waals surface area contributed by atoms with Gasteiger partial charge in [0.05, 0.1) is 25.9 Å². The summed E-state index contributed by atoms with van der Waals surface area (Å²) in [7, 11) is 5.60. The maximum absolute atomic E-state index is 12.0. The van der Waals surface area contributed by atoms with Gasteiger partial charge in [0.2, 0.25) is 5.91 Å². The quantitative estimate of drug-likeness (QED) is 0.178. The Labute approximate surface area is 255 Å². The van der Waals surface area contributed by atoms with Gasteiger partial charge in [-0.15, -0.1) is 0 Å². The number of hydrogen-bond donors (Lipinski definition) is 5. The molecule has 0 spiro atoms. The van der Waals surface area contributed by atoms with E-state index in [4.69, 9.17) is 4.74 Å². The molecule has 0 bridgehead atoms. The molecule has 0 saturated heterocycles. The van der Waals surface area contributed by atoms with E-state index >= 15 is 0 Å². The molecule has 0 fully saturated rings. The fourth-order valence-corrected chi connectivity index (χ4v) is 5.11. The zero-order chi connectivity index (χ0) is 31.4. The van der Waals surface area contributed by atoms with E-state index in [2.05, 4.69) is 59.0 Å². The number of amides is 1. The number of carbonyl (C=O) groups is 2. The predicted molar refractivity (Wildman–Crippen MR) is 173 cm³/mol. The van der Waals surface area contributed by atoms with Crippen molar-refractivity contribution in [2.75, 3.05) is 45.8 Å².